The first-order chi connectivity index (χ1) is 13.1. The molecule has 2 rings (SSSR count). The first-order valence-corrected chi connectivity index (χ1v) is 11.0. The highest BCUT2D eigenvalue weighted by molar-refractivity contribution is 7.92. The van der Waals surface area contributed by atoms with Crippen molar-refractivity contribution >= 4 is 21.6 Å². The summed E-state index contributed by atoms with van der Waals surface area (Å²) in [6, 6.07) is 10.1. The summed E-state index contributed by atoms with van der Waals surface area (Å²) in [4.78, 5) is 12.9. The molecule has 0 bridgehead atoms. The zero-order valence-electron chi connectivity index (χ0n) is 16.9. The number of aryl methyl sites for hydroxylation is 2. The van der Waals surface area contributed by atoms with E-state index in [1.54, 1.807) is 0 Å². The van der Waals surface area contributed by atoms with Gasteiger partial charge in [-0.3, -0.25) is 9.10 Å². The lowest BCUT2D eigenvalue weighted by molar-refractivity contribution is -0.122. The molecule has 2 aromatic carbocycles. The number of sulfonamides is 1. The van der Waals surface area contributed by atoms with E-state index in [2.05, 4.69) is 5.32 Å². The molecule has 0 spiro atoms. The van der Waals surface area contributed by atoms with E-state index in [4.69, 9.17) is 0 Å². The van der Waals surface area contributed by atoms with Gasteiger partial charge in [-0.15, -0.1) is 0 Å². The summed E-state index contributed by atoms with van der Waals surface area (Å²) in [7, 11) is -3.87. The summed E-state index contributed by atoms with van der Waals surface area (Å²) in [6.07, 6.45) is 1.60. The van der Waals surface area contributed by atoms with E-state index in [1.807, 2.05) is 39.0 Å². The number of hydrogen-bond donors (Lipinski definition) is 1. The number of benzene rings is 2. The van der Waals surface area contributed by atoms with Crippen molar-refractivity contribution in [3.8, 4) is 0 Å². The predicted octanol–water partition coefficient (Wildman–Crippen LogP) is 3.86. The average Bonchev–Trinajstić information content (AvgIpc) is 2.62. The molecule has 28 heavy (non-hydrogen) atoms. The Balaban J connectivity index is 2.31. The number of para-hydroxylation sites is 1. The van der Waals surface area contributed by atoms with E-state index in [0.29, 0.717) is 6.42 Å². The molecule has 0 aliphatic heterocycles. The van der Waals surface area contributed by atoms with E-state index in [-0.39, 0.29) is 11.7 Å². The van der Waals surface area contributed by atoms with Crippen LogP contribution in [0.3, 0.4) is 0 Å². The molecular weight excluding hydrogens is 379 g/mol. The molecule has 0 saturated heterocycles. The Bertz CT molecular complexity index is 960. The van der Waals surface area contributed by atoms with Crippen LogP contribution in [0.1, 0.15) is 43.0 Å². The van der Waals surface area contributed by atoms with Crippen LogP contribution in [0.4, 0.5) is 10.1 Å². The number of carbonyl (C=O) groups is 1. The highest BCUT2D eigenvalue weighted by Gasteiger charge is 2.31. The van der Waals surface area contributed by atoms with Gasteiger partial charge in [0.2, 0.25) is 15.9 Å². The van der Waals surface area contributed by atoms with E-state index < -0.39 is 27.8 Å². The summed E-state index contributed by atoms with van der Waals surface area (Å²) in [5.74, 6) is -1.19. The minimum Gasteiger partial charge on any atom is -0.347 e. The smallest absolute Gasteiger partial charge is 0.244 e. The van der Waals surface area contributed by atoms with Crippen LogP contribution in [-0.4, -0.2) is 26.6 Å². The van der Waals surface area contributed by atoms with E-state index in [0.717, 1.165) is 27.3 Å². The van der Waals surface area contributed by atoms with Gasteiger partial charge in [0, 0.05) is 0 Å². The molecule has 0 aliphatic rings. The standard InChI is InChI=1S/C21H27FN2O3S/c1-6-19(17-12-11-14(2)15(3)13-17)23-21(25)16(4)24(28(5,26)27)20-10-8-7-9-18(20)22/h7-13,16,19H,6H2,1-5H3,(H,23,25)/t16-,19-/m0/s1. The Morgan fingerprint density at radius 1 is 1.14 bits per heavy atom. The van der Waals surface area contributed by atoms with Crippen LogP contribution in [0.25, 0.3) is 0 Å². The quantitative estimate of drug-likeness (QED) is 0.759. The van der Waals surface area contributed by atoms with Gasteiger partial charge in [-0.1, -0.05) is 37.3 Å². The summed E-state index contributed by atoms with van der Waals surface area (Å²) < 4.78 is 39.7. The van der Waals surface area contributed by atoms with Crippen LogP contribution in [0.2, 0.25) is 0 Å². The Kier molecular flexibility index (Phi) is 6.82. The van der Waals surface area contributed by atoms with E-state index >= 15 is 0 Å². The largest absolute Gasteiger partial charge is 0.347 e. The Morgan fingerprint density at radius 3 is 2.32 bits per heavy atom. The second kappa shape index (κ2) is 8.73. The molecule has 0 fully saturated rings. The van der Waals surface area contributed by atoms with Gasteiger partial charge in [-0.05, 0) is 56.0 Å². The lowest BCUT2D eigenvalue weighted by Gasteiger charge is -2.30. The third-order valence-corrected chi connectivity index (χ3v) is 6.06. The van der Waals surface area contributed by atoms with Crippen molar-refractivity contribution in [3.05, 3.63) is 65.0 Å². The molecule has 0 aliphatic carbocycles. The lowest BCUT2D eigenvalue weighted by Crippen LogP contribution is -2.48. The first-order valence-electron chi connectivity index (χ1n) is 9.17. The molecule has 0 saturated carbocycles. The molecule has 1 N–H and O–H groups in total. The minimum atomic E-state index is -3.87. The molecule has 2 aromatic rings. The maximum atomic E-state index is 14.2. The fraction of sp³-hybridized carbons (Fsp3) is 0.381. The van der Waals surface area contributed by atoms with Crippen LogP contribution >= 0.6 is 0 Å². The molecule has 0 unspecified atom stereocenters. The van der Waals surface area contributed by atoms with Gasteiger partial charge >= 0.3 is 0 Å². The fourth-order valence-electron chi connectivity index (χ4n) is 3.11. The number of hydrogen-bond acceptors (Lipinski definition) is 3. The van der Waals surface area contributed by atoms with Gasteiger partial charge in [0.15, 0.2) is 0 Å². The molecule has 0 aromatic heterocycles. The number of anilines is 1. The zero-order valence-corrected chi connectivity index (χ0v) is 17.7. The van der Waals surface area contributed by atoms with Crippen molar-refractivity contribution < 1.29 is 17.6 Å². The number of halogens is 1. The third-order valence-electron chi connectivity index (χ3n) is 4.84. The second-order valence-electron chi connectivity index (χ2n) is 7.00. The SMILES string of the molecule is CC[C@H](NC(=O)[C@H](C)N(c1ccccc1F)S(C)(=O)=O)c1ccc(C)c(C)c1. The van der Waals surface area contributed by atoms with Gasteiger partial charge in [-0.2, -0.15) is 0 Å². The molecule has 7 heteroatoms. The normalized spacial score (nSPS) is 13.6. The number of nitrogens with zero attached hydrogens (tertiary/aromatic N) is 1. The number of rotatable bonds is 7. The van der Waals surface area contributed by atoms with Crippen molar-refractivity contribution in [2.75, 3.05) is 10.6 Å². The molecule has 0 radical (unpaired) electrons. The maximum absolute atomic E-state index is 14.2. The van der Waals surface area contributed by atoms with Crippen LogP contribution < -0.4 is 9.62 Å². The first kappa shape index (κ1) is 21.9. The minimum absolute atomic E-state index is 0.146. The average molecular weight is 407 g/mol. The van der Waals surface area contributed by atoms with Gasteiger partial charge in [0.05, 0.1) is 18.0 Å². The summed E-state index contributed by atoms with van der Waals surface area (Å²) in [5.41, 5.74) is 3.07. The van der Waals surface area contributed by atoms with Crippen LogP contribution in [0.15, 0.2) is 42.5 Å². The topological polar surface area (TPSA) is 66.5 Å². The van der Waals surface area contributed by atoms with Crippen molar-refractivity contribution in [3.63, 3.8) is 0 Å². The van der Waals surface area contributed by atoms with Gasteiger partial charge in [-0.25, -0.2) is 12.8 Å². The van der Waals surface area contributed by atoms with Crippen LogP contribution in [-0.2, 0) is 14.8 Å². The Morgan fingerprint density at radius 2 is 1.79 bits per heavy atom. The molecule has 152 valence electrons. The van der Waals surface area contributed by atoms with Crippen molar-refractivity contribution in [2.24, 2.45) is 0 Å². The lowest BCUT2D eigenvalue weighted by atomic mass is 9.99. The predicted molar refractivity (Wildman–Crippen MR) is 110 cm³/mol. The number of nitrogens with one attached hydrogen (secondary N) is 1. The maximum Gasteiger partial charge on any atom is 0.244 e. The van der Waals surface area contributed by atoms with Crippen LogP contribution in [0.5, 0.6) is 0 Å². The fourth-order valence-corrected chi connectivity index (χ4v) is 4.28. The summed E-state index contributed by atoms with van der Waals surface area (Å²) >= 11 is 0. The summed E-state index contributed by atoms with van der Waals surface area (Å²) in [5, 5.41) is 2.90. The highest BCUT2D eigenvalue weighted by Crippen LogP contribution is 2.25. The van der Waals surface area contributed by atoms with Crippen molar-refractivity contribution in [1.82, 2.24) is 5.32 Å². The molecule has 1 amide bonds. The Hall–Kier alpha value is -2.41. The summed E-state index contributed by atoms with van der Waals surface area (Å²) in [6.45, 7) is 7.41. The van der Waals surface area contributed by atoms with E-state index in [1.165, 1.54) is 31.2 Å². The molecule has 2 atom stereocenters. The molecular formula is C21H27FN2O3S. The van der Waals surface area contributed by atoms with Gasteiger partial charge in [0.1, 0.15) is 11.9 Å². The Labute approximate surface area is 166 Å². The van der Waals surface area contributed by atoms with Gasteiger partial charge < -0.3 is 5.32 Å². The number of carbonyl (C=O) groups excluding carboxylic acids is 1. The van der Waals surface area contributed by atoms with E-state index in [9.17, 15) is 17.6 Å². The van der Waals surface area contributed by atoms with Crippen molar-refractivity contribution in [1.29, 1.82) is 0 Å². The highest BCUT2D eigenvalue weighted by atomic mass is 32.2. The van der Waals surface area contributed by atoms with Gasteiger partial charge in [0.25, 0.3) is 0 Å². The van der Waals surface area contributed by atoms with Crippen molar-refractivity contribution in [2.45, 2.75) is 46.2 Å². The zero-order chi connectivity index (χ0) is 21.1. The molecule has 5 nitrogen and oxygen atoms in total. The van der Waals surface area contributed by atoms with Crippen LogP contribution in [0, 0.1) is 19.7 Å². The third kappa shape index (κ3) is 4.90. The number of amides is 1. The second-order valence-corrected chi connectivity index (χ2v) is 8.86. The molecule has 0 heterocycles. The monoisotopic (exact) mass is 406 g/mol.